The molecular formula is C19H16ClN3O3S. The van der Waals surface area contributed by atoms with Crippen LogP contribution in [0.1, 0.15) is 16.8 Å². The standard InChI is InChI=1S/C19H16ClN3O3S/c1-12-7-9-14(10-8-12)18-22-16(11-21)19(26-18)23(3)27(24,25)17-6-4-5-15(20)13(17)2/h4-10H,1-3H3. The molecule has 0 fully saturated rings. The van der Waals surface area contributed by atoms with Crippen molar-refractivity contribution >= 4 is 27.5 Å². The Kier molecular flexibility index (Phi) is 4.96. The first-order chi connectivity index (χ1) is 12.8. The van der Waals surface area contributed by atoms with Crippen molar-refractivity contribution in [3.05, 3.63) is 64.3 Å². The van der Waals surface area contributed by atoms with Crippen molar-refractivity contribution in [3.63, 3.8) is 0 Å². The molecule has 1 heterocycles. The summed E-state index contributed by atoms with van der Waals surface area (Å²) >= 11 is 6.05. The number of nitriles is 1. The number of rotatable bonds is 4. The lowest BCUT2D eigenvalue weighted by Crippen LogP contribution is -2.27. The zero-order chi connectivity index (χ0) is 19.8. The first-order valence-electron chi connectivity index (χ1n) is 7.97. The second-order valence-corrected chi connectivity index (χ2v) is 8.33. The number of anilines is 1. The highest BCUT2D eigenvalue weighted by atomic mass is 35.5. The maximum Gasteiger partial charge on any atom is 0.266 e. The van der Waals surface area contributed by atoms with E-state index in [1.807, 2.05) is 25.1 Å². The van der Waals surface area contributed by atoms with E-state index in [-0.39, 0.29) is 22.4 Å². The number of hydrogen-bond donors (Lipinski definition) is 0. The number of aryl methyl sites for hydroxylation is 1. The van der Waals surface area contributed by atoms with Crippen LogP contribution in [0.15, 0.2) is 51.8 Å². The molecule has 1 aromatic heterocycles. The normalized spacial score (nSPS) is 11.2. The monoisotopic (exact) mass is 401 g/mol. The Morgan fingerprint density at radius 2 is 1.81 bits per heavy atom. The molecule has 2 aromatic carbocycles. The summed E-state index contributed by atoms with van der Waals surface area (Å²) in [6.07, 6.45) is 0. The number of sulfonamides is 1. The van der Waals surface area contributed by atoms with Gasteiger partial charge in [0.2, 0.25) is 17.5 Å². The van der Waals surface area contributed by atoms with Crippen molar-refractivity contribution in [1.29, 1.82) is 5.26 Å². The highest BCUT2D eigenvalue weighted by Crippen LogP contribution is 2.32. The quantitative estimate of drug-likeness (QED) is 0.650. The zero-order valence-corrected chi connectivity index (χ0v) is 16.5. The fraction of sp³-hybridized carbons (Fsp3) is 0.158. The van der Waals surface area contributed by atoms with Gasteiger partial charge in [-0.05, 0) is 43.7 Å². The first kappa shape index (κ1) is 19.0. The first-order valence-corrected chi connectivity index (χ1v) is 9.79. The van der Waals surface area contributed by atoms with Crippen LogP contribution in [0.5, 0.6) is 0 Å². The molecule has 27 heavy (non-hydrogen) atoms. The van der Waals surface area contributed by atoms with Gasteiger partial charge in [-0.15, -0.1) is 0 Å². The van der Waals surface area contributed by atoms with Crippen LogP contribution in [0.25, 0.3) is 11.5 Å². The second-order valence-electron chi connectivity index (χ2n) is 5.99. The summed E-state index contributed by atoms with van der Waals surface area (Å²) in [4.78, 5) is 4.17. The van der Waals surface area contributed by atoms with Gasteiger partial charge in [0.15, 0.2) is 0 Å². The lowest BCUT2D eigenvalue weighted by molar-refractivity contribution is 0.562. The van der Waals surface area contributed by atoms with Crippen molar-refractivity contribution in [2.24, 2.45) is 0 Å². The molecule has 0 bridgehead atoms. The largest absolute Gasteiger partial charge is 0.418 e. The van der Waals surface area contributed by atoms with Crippen LogP contribution in [-0.2, 0) is 10.0 Å². The topological polar surface area (TPSA) is 87.2 Å². The average molecular weight is 402 g/mol. The van der Waals surface area contributed by atoms with Crippen LogP contribution in [-0.4, -0.2) is 20.4 Å². The molecule has 0 spiro atoms. The maximum atomic E-state index is 13.0. The number of benzene rings is 2. The van der Waals surface area contributed by atoms with E-state index < -0.39 is 10.0 Å². The molecule has 0 amide bonds. The van der Waals surface area contributed by atoms with Gasteiger partial charge in [-0.3, -0.25) is 0 Å². The molecule has 138 valence electrons. The highest BCUT2D eigenvalue weighted by molar-refractivity contribution is 7.92. The fourth-order valence-electron chi connectivity index (χ4n) is 2.54. The molecule has 0 unspecified atom stereocenters. The Morgan fingerprint density at radius 3 is 2.44 bits per heavy atom. The van der Waals surface area contributed by atoms with Crippen molar-refractivity contribution in [2.45, 2.75) is 18.7 Å². The third-order valence-electron chi connectivity index (χ3n) is 4.16. The van der Waals surface area contributed by atoms with E-state index in [9.17, 15) is 13.7 Å². The Bertz CT molecular complexity index is 1150. The Balaban J connectivity index is 2.09. The van der Waals surface area contributed by atoms with Crippen LogP contribution in [0.2, 0.25) is 5.02 Å². The van der Waals surface area contributed by atoms with Crippen molar-refractivity contribution in [3.8, 4) is 17.5 Å². The van der Waals surface area contributed by atoms with E-state index in [1.165, 1.54) is 13.1 Å². The molecule has 0 N–H and O–H groups in total. The smallest absolute Gasteiger partial charge is 0.266 e. The molecule has 3 aromatic rings. The molecule has 0 aliphatic heterocycles. The van der Waals surface area contributed by atoms with Crippen LogP contribution in [0, 0.1) is 25.2 Å². The molecule has 0 saturated heterocycles. The number of aromatic nitrogens is 1. The predicted octanol–water partition coefficient (Wildman–Crippen LogP) is 4.31. The van der Waals surface area contributed by atoms with E-state index >= 15 is 0 Å². The summed E-state index contributed by atoms with van der Waals surface area (Å²) < 4.78 is 32.6. The SMILES string of the molecule is Cc1ccc(-c2nc(C#N)c(N(C)S(=O)(=O)c3cccc(Cl)c3C)o2)cc1. The molecule has 0 aliphatic rings. The lowest BCUT2D eigenvalue weighted by Gasteiger charge is -2.18. The van der Waals surface area contributed by atoms with Crippen molar-refractivity contribution in [2.75, 3.05) is 11.4 Å². The van der Waals surface area contributed by atoms with Gasteiger partial charge in [-0.2, -0.15) is 10.2 Å². The van der Waals surface area contributed by atoms with Gasteiger partial charge >= 0.3 is 0 Å². The average Bonchev–Trinajstić information content (AvgIpc) is 3.08. The summed E-state index contributed by atoms with van der Waals surface area (Å²) in [7, 11) is -2.67. The minimum atomic E-state index is -3.99. The minimum absolute atomic E-state index is 0.0367. The Hall–Kier alpha value is -2.82. The van der Waals surface area contributed by atoms with Gasteiger partial charge in [0, 0.05) is 17.6 Å². The Morgan fingerprint density at radius 1 is 1.15 bits per heavy atom. The molecule has 0 atom stereocenters. The zero-order valence-electron chi connectivity index (χ0n) is 14.9. The van der Waals surface area contributed by atoms with E-state index in [1.54, 1.807) is 31.2 Å². The van der Waals surface area contributed by atoms with Gasteiger partial charge in [-0.25, -0.2) is 12.7 Å². The molecule has 0 saturated carbocycles. The number of hydrogen-bond acceptors (Lipinski definition) is 5. The van der Waals surface area contributed by atoms with E-state index in [4.69, 9.17) is 16.0 Å². The van der Waals surface area contributed by atoms with Crippen molar-refractivity contribution < 1.29 is 12.8 Å². The lowest BCUT2D eigenvalue weighted by atomic mass is 10.1. The predicted molar refractivity (Wildman–Crippen MR) is 103 cm³/mol. The number of oxazole rings is 1. The molecule has 0 aliphatic carbocycles. The van der Waals surface area contributed by atoms with Crippen LogP contribution < -0.4 is 4.31 Å². The summed E-state index contributed by atoms with van der Waals surface area (Å²) in [6.45, 7) is 3.56. The second kappa shape index (κ2) is 7.06. The summed E-state index contributed by atoms with van der Waals surface area (Å²) in [5.41, 5.74) is 2.01. The molecule has 6 nitrogen and oxygen atoms in total. The molecule has 3 rings (SSSR count). The van der Waals surface area contributed by atoms with Gasteiger partial charge in [-0.1, -0.05) is 35.4 Å². The minimum Gasteiger partial charge on any atom is -0.418 e. The third kappa shape index (κ3) is 3.42. The summed E-state index contributed by atoms with van der Waals surface area (Å²) in [6, 6.07) is 13.9. The molecular weight excluding hydrogens is 386 g/mol. The molecule has 8 heteroatoms. The van der Waals surface area contributed by atoms with Gasteiger partial charge in [0.1, 0.15) is 6.07 Å². The van der Waals surface area contributed by atoms with E-state index in [0.717, 1.165) is 9.87 Å². The third-order valence-corrected chi connectivity index (χ3v) is 6.45. The Labute approximate surface area is 162 Å². The fourth-order valence-corrected chi connectivity index (χ4v) is 4.16. The summed E-state index contributed by atoms with van der Waals surface area (Å²) in [5.74, 6) is 0.0267. The van der Waals surface area contributed by atoms with Gasteiger partial charge in [0.25, 0.3) is 10.0 Å². The van der Waals surface area contributed by atoms with E-state index in [2.05, 4.69) is 4.98 Å². The van der Waals surface area contributed by atoms with Crippen LogP contribution in [0.4, 0.5) is 5.88 Å². The number of halogens is 1. The van der Waals surface area contributed by atoms with E-state index in [0.29, 0.717) is 16.1 Å². The van der Waals surface area contributed by atoms with Gasteiger partial charge in [0.05, 0.1) is 4.90 Å². The van der Waals surface area contributed by atoms with Crippen LogP contribution in [0.3, 0.4) is 0 Å². The maximum absolute atomic E-state index is 13.0. The van der Waals surface area contributed by atoms with Crippen LogP contribution >= 0.6 is 11.6 Å². The summed E-state index contributed by atoms with van der Waals surface area (Å²) in [5, 5.41) is 9.73. The highest BCUT2D eigenvalue weighted by Gasteiger charge is 2.30. The number of nitrogens with zero attached hydrogens (tertiary/aromatic N) is 3. The molecule has 0 radical (unpaired) electrons. The van der Waals surface area contributed by atoms with Crippen molar-refractivity contribution in [1.82, 2.24) is 4.98 Å². The van der Waals surface area contributed by atoms with Gasteiger partial charge < -0.3 is 4.42 Å².